The van der Waals surface area contributed by atoms with E-state index in [2.05, 4.69) is 33.2 Å². The highest BCUT2D eigenvalue weighted by atomic mass is 127. The molecule has 0 bridgehead atoms. The molecule has 0 saturated heterocycles. The van der Waals surface area contributed by atoms with Gasteiger partial charge in [0.2, 0.25) is 5.91 Å². The Balaban J connectivity index is 0.00000225. The van der Waals surface area contributed by atoms with Gasteiger partial charge in [-0.05, 0) is 60.8 Å². The minimum atomic E-state index is 0. The average Bonchev–Trinajstić information content (AvgIpc) is 2.18. The minimum absolute atomic E-state index is 0. The summed E-state index contributed by atoms with van der Waals surface area (Å²) in [5, 5.41) is 5.88. The normalized spacial score (nSPS) is 9.38. The second-order valence-electron chi connectivity index (χ2n) is 3.27. The van der Waals surface area contributed by atoms with Crippen molar-refractivity contribution in [3.63, 3.8) is 0 Å². The fourth-order valence-electron chi connectivity index (χ4n) is 1.22. The molecule has 1 aromatic rings. The Hall–Kier alpha value is -0.330. The maximum Gasteiger partial charge on any atom is 0.224 e. The predicted octanol–water partition coefficient (Wildman–Crippen LogP) is 2.65. The molecule has 16 heavy (non-hydrogen) atoms. The van der Waals surface area contributed by atoms with E-state index in [1.165, 1.54) is 0 Å². The maximum absolute atomic E-state index is 11.5. The SMILES string of the molecule is CNCCCC(=O)Nc1cccc(I)c1.Cl. The highest BCUT2D eigenvalue weighted by molar-refractivity contribution is 14.1. The van der Waals surface area contributed by atoms with E-state index in [9.17, 15) is 4.79 Å². The number of benzene rings is 1. The molecule has 90 valence electrons. The summed E-state index contributed by atoms with van der Waals surface area (Å²) in [7, 11) is 1.89. The van der Waals surface area contributed by atoms with E-state index >= 15 is 0 Å². The summed E-state index contributed by atoms with van der Waals surface area (Å²) in [5.74, 6) is 0.0762. The van der Waals surface area contributed by atoms with Crippen molar-refractivity contribution in [2.24, 2.45) is 0 Å². The molecule has 0 atom stereocenters. The summed E-state index contributed by atoms with van der Waals surface area (Å²) < 4.78 is 1.13. The molecule has 0 aliphatic heterocycles. The average molecular weight is 355 g/mol. The molecule has 1 rings (SSSR count). The molecule has 3 nitrogen and oxygen atoms in total. The Morgan fingerprint density at radius 1 is 1.44 bits per heavy atom. The van der Waals surface area contributed by atoms with Gasteiger partial charge < -0.3 is 10.6 Å². The lowest BCUT2D eigenvalue weighted by Crippen LogP contribution is -2.15. The van der Waals surface area contributed by atoms with Gasteiger partial charge in [0.15, 0.2) is 0 Å². The van der Waals surface area contributed by atoms with Gasteiger partial charge in [0, 0.05) is 15.7 Å². The zero-order valence-electron chi connectivity index (χ0n) is 9.13. The first kappa shape index (κ1) is 15.7. The lowest BCUT2D eigenvalue weighted by molar-refractivity contribution is -0.116. The van der Waals surface area contributed by atoms with Crippen LogP contribution < -0.4 is 10.6 Å². The fraction of sp³-hybridized carbons (Fsp3) is 0.364. The second-order valence-corrected chi connectivity index (χ2v) is 4.51. The molecule has 0 aliphatic carbocycles. The number of hydrogen-bond acceptors (Lipinski definition) is 2. The van der Waals surface area contributed by atoms with Crippen molar-refractivity contribution in [3.8, 4) is 0 Å². The van der Waals surface area contributed by atoms with Gasteiger partial charge >= 0.3 is 0 Å². The first-order chi connectivity index (χ1) is 7.22. The molecule has 0 spiro atoms. The smallest absolute Gasteiger partial charge is 0.224 e. The third kappa shape index (κ3) is 6.30. The molecule has 0 aromatic heterocycles. The number of rotatable bonds is 5. The van der Waals surface area contributed by atoms with Crippen LogP contribution in [0.2, 0.25) is 0 Å². The van der Waals surface area contributed by atoms with E-state index in [0.717, 1.165) is 22.2 Å². The number of anilines is 1. The van der Waals surface area contributed by atoms with Crippen LogP contribution in [0, 0.1) is 3.57 Å². The van der Waals surface area contributed by atoms with Crippen molar-refractivity contribution in [1.29, 1.82) is 0 Å². The Kier molecular flexibility index (Phi) is 8.60. The van der Waals surface area contributed by atoms with Crippen LogP contribution in [0.5, 0.6) is 0 Å². The molecular formula is C11H16ClIN2O. The van der Waals surface area contributed by atoms with Gasteiger partial charge in [-0.2, -0.15) is 0 Å². The standard InChI is InChI=1S/C11H15IN2O.ClH/c1-13-7-3-6-11(15)14-10-5-2-4-9(12)8-10;/h2,4-5,8,13H,3,6-7H2,1H3,(H,14,15);1H. The molecule has 0 fully saturated rings. The highest BCUT2D eigenvalue weighted by Crippen LogP contribution is 2.12. The third-order valence-corrected chi connectivity index (χ3v) is 2.61. The van der Waals surface area contributed by atoms with Crippen LogP contribution in [-0.2, 0) is 4.79 Å². The topological polar surface area (TPSA) is 41.1 Å². The largest absolute Gasteiger partial charge is 0.326 e. The number of nitrogens with one attached hydrogen (secondary N) is 2. The van der Waals surface area contributed by atoms with Crippen LogP contribution in [0.1, 0.15) is 12.8 Å². The predicted molar refractivity (Wildman–Crippen MR) is 78.2 cm³/mol. The van der Waals surface area contributed by atoms with Crippen molar-refractivity contribution < 1.29 is 4.79 Å². The van der Waals surface area contributed by atoms with E-state index in [4.69, 9.17) is 0 Å². The Morgan fingerprint density at radius 2 is 2.19 bits per heavy atom. The van der Waals surface area contributed by atoms with Crippen molar-refractivity contribution in [1.82, 2.24) is 5.32 Å². The van der Waals surface area contributed by atoms with Gasteiger partial charge in [0.1, 0.15) is 0 Å². The second kappa shape index (κ2) is 8.78. The maximum atomic E-state index is 11.5. The zero-order valence-corrected chi connectivity index (χ0v) is 12.1. The summed E-state index contributed by atoms with van der Waals surface area (Å²) in [5.41, 5.74) is 0.872. The van der Waals surface area contributed by atoms with Gasteiger partial charge in [0.25, 0.3) is 0 Å². The summed E-state index contributed by atoms with van der Waals surface area (Å²) >= 11 is 2.23. The van der Waals surface area contributed by atoms with Gasteiger partial charge in [-0.15, -0.1) is 12.4 Å². The number of carbonyl (C=O) groups excluding carboxylic acids is 1. The number of carbonyl (C=O) groups is 1. The quantitative estimate of drug-likeness (QED) is 0.630. The molecule has 0 saturated carbocycles. The molecule has 0 unspecified atom stereocenters. The Bertz CT molecular complexity index is 334. The van der Waals surface area contributed by atoms with Crippen LogP contribution in [0.3, 0.4) is 0 Å². The van der Waals surface area contributed by atoms with E-state index in [0.29, 0.717) is 6.42 Å². The number of halogens is 2. The van der Waals surface area contributed by atoms with Gasteiger partial charge in [-0.1, -0.05) is 6.07 Å². The first-order valence-electron chi connectivity index (χ1n) is 4.92. The van der Waals surface area contributed by atoms with Gasteiger partial charge in [0.05, 0.1) is 0 Å². The molecule has 2 N–H and O–H groups in total. The summed E-state index contributed by atoms with van der Waals surface area (Å²) in [4.78, 5) is 11.5. The Morgan fingerprint density at radius 3 is 2.81 bits per heavy atom. The molecule has 5 heteroatoms. The monoisotopic (exact) mass is 354 g/mol. The van der Waals surface area contributed by atoms with E-state index in [-0.39, 0.29) is 18.3 Å². The molecule has 0 radical (unpaired) electrons. The summed E-state index contributed by atoms with van der Waals surface area (Å²) in [6.07, 6.45) is 1.43. The van der Waals surface area contributed by atoms with Crippen LogP contribution >= 0.6 is 35.0 Å². The molecule has 1 aromatic carbocycles. The lowest BCUT2D eigenvalue weighted by Gasteiger charge is -2.05. The Labute approximate surface area is 116 Å². The van der Waals surface area contributed by atoms with Crippen molar-refractivity contribution in [2.45, 2.75) is 12.8 Å². The van der Waals surface area contributed by atoms with Crippen molar-refractivity contribution in [3.05, 3.63) is 27.8 Å². The van der Waals surface area contributed by atoms with Crippen LogP contribution in [0.25, 0.3) is 0 Å². The van der Waals surface area contributed by atoms with Crippen LogP contribution in [-0.4, -0.2) is 19.5 Å². The van der Waals surface area contributed by atoms with Crippen molar-refractivity contribution >= 4 is 46.6 Å². The van der Waals surface area contributed by atoms with E-state index in [1.807, 2.05) is 31.3 Å². The van der Waals surface area contributed by atoms with Crippen molar-refractivity contribution in [2.75, 3.05) is 18.9 Å². The lowest BCUT2D eigenvalue weighted by atomic mass is 10.2. The van der Waals surface area contributed by atoms with Crippen LogP contribution in [0.15, 0.2) is 24.3 Å². The van der Waals surface area contributed by atoms with Crippen LogP contribution in [0.4, 0.5) is 5.69 Å². The summed E-state index contributed by atoms with van der Waals surface area (Å²) in [6, 6.07) is 7.79. The fourth-order valence-corrected chi connectivity index (χ4v) is 1.76. The molecular weight excluding hydrogens is 338 g/mol. The van der Waals surface area contributed by atoms with Gasteiger partial charge in [-0.25, -0.2) is 0 Å². The highest BCUT2D eigenvalue weighted by Gasteiger charge is 2.01. The third-order valence-electron chi connectivity index (χ3n) is 1.94. The van der Waals surface area contributed by atoms with E-state index < -0.39 is 0 Å². The first-order valence-corrected chi connectivity index (χ1v) is 6.00. The number of hydrogen-bond donors (Lipinski definition) is 2. The van der Waals surface area contributed by atoms with Gasteiger partial charge in [-0.3, -0.25) is 4.79 Å². The molecule has 0 aliphatic rings. The zero-order chi connectivity index (χ0) is 11.1. The summed E-state index contributed by atoms with van der Waals surface area (Å²) in [6.45, 7) is 0.875. The van der Waals surface area contributed by atoms with E-state index in [1.54, 1.807) is 0 Å². The number of amides is 1. The minimum Gasteiger partial charge on any atom is -0.326 e. The molecule has 1 amide bonds. The molecule has 0 heterocycles.